The molecule has 0 aliphatic carbocycles. The smallest absolute Gasteiger partial charge is 0.0750 e. The molecule has 0 aromatic carbocycles. The third-order valence-electron chi connectivity index (χ3n) is 2.59. The zero-order valence-electron chi connectivity index (χ0n) is 8.52. The number of likely N-dealkylation sites (N-methyl/N-ethyl adjacent to an activating group) is 1. The normalized spacial score (nSPS) is 21.1. The second-order valence-corrected chi connectivity index (χ2v) is 3.73. The lowest BCUT2D eigenvalue weighted by Crippen LogP contribution is -2.28. The van der Waals surface area contributed by atoms with Crippen molar-refractivity contribution in [1.29, 1.82) is 0 Å². The van der Waals surface area contributed by atoms with E-state index in [1.54, 1.807) is 6.20 Å². The van der Waals surface area contributed by atoms with E-state index < -0.39 is 0 Å². The number of rotatable bonds is 3. The minimum absolute atomic E-state index is 0.403. The van der Waals surface area contributed by atoms with Crippen molar-refractivity contribution in [2.24, 2.45) is 0 Å². The summed E-state index contributed by atoms with van der Waals surface area (Å²) in [6.45, 7) is 1.89. The molecule has 1 aliphatic heterocycles. The van der Waals surface area contributed by atoms with Crippen LogP contribution in [-0.2, 0) is 4.74 Å². The van der Waals surface area contributed by atoms with Gasteiger partial charge in [-0.25, -0.2) is 0 Å². The van der Waals surface area contributed by atoms with E-state index in [4.69, 9.17) is 4.74 Å². The van der Waals surface area contributed by atoms with Gasteiger partial charge in [0.15, 0.2) is 0 Å². The van der Waals surface area contributed by atoms with Crippen molar-refractivity contribution >= 4 is 5.69 Å². The van der Waals surface area contributed by atoms with Gasteiger partial charge in [0.2, 0.25) is 0 Å². The van der Waals surface area contributed by atoms with Crippen molar-refractivity contribution in [2.75, 3.05) is 25.1 Å². The van der Waals surface area contributed by atoms with Crippen LogP contribution in [0.1, 0.15) is 12.8 Å². The number of hydrogen-bond acceptors (Lipinski definition) is 3. The zero-order valence-corrected chi connectivity index (χ0v) is 8.52. The third kappa shape index (κ3) is 2.23. The molecule has 0 radical (unpaired) electrons. The molecule has 1 aromatic heterocycles. The quantitative estimate of drug-likeness (QED) is 0.728. The van der Waals surface area contributed by atoms with Crippen molar-refractivity contribution in [3.8, 4) is 0 Å². The fraction of sp³-hybridized carbons (Fsp3) is 0.545. The lowest BCUT2D eigenvalue weighted by atomic mass is 10.2. The standard InChI is InChI=1S/C11H16N2O/c1-13(9-11-5-3-7-14-11)10-4-2-6-12-8-10/h2,4,6,8,11H,3,5,7,9H2,1H3. The molecule has 14 heavy (non-hydrogen) atoms. The van der Waals surface area contributed by atoms with Gasteiger partial charge < -0.3 is 9.64 Å². The van der Waals surface area contributed by atoms with Crippen LogP contribution in [0.2, 0.25) is 0 Å². The Balaban J connectivity index is 1.92. The third-order valence-corrected chi connectivity index (χ3v) is 2.59. The topological polar surface area (TPSA) is 25.4 Å². The molecule has 0 N–H and O–H groups in total. The van der Waals surface area contributed by atoms with Gasteiger partial charge in [0.05, 0.1) is 18.0 Å². The van der Waals surface area contributed by atoms with E-state index >= 15 is 0 Å². The first kappa shape index (κ1) is 9.46. The number of ether oxygens (including phenoxy) is 1. The summed E-state index contributed by atoms with van der Waals surface area (Å²) in [5.41, 5.74) is 1.16. The van der Waals surface area contributed by atoms with Crippen molar-refractivity contribution in [3.63, 3.8) is 0 Å². The van der Waals surface area contributed by atoms with Crippen molar-refractivity contribution < 1.29 is 4.74 Å². The second kappa shape index (κ2) is 4.42. The molecule has 0 amide bonds. The highest BCUT2D eigenvalue weighted by molar-refractivity contribution is 5.42. The Bertz CT molecular complexity index is 270. The Hall–Kier alpha value is -1.09. The number of nitrogens with zero attached hydrogens (tertiary/aromatic N) is 2. The highest BCUT2D eigenvalue weighted by Crippen LogP contribution is 2.16. The molecule has 2 heterocycles. The molecule has 0 spiro atoms. The van der Waals surface area contributed by atoms with Crippen LogP contribution in [0.4, 0.5) is 5.69 Å². The SMILES string of the molecule is CN(CC1CCCO1)c1cccnc1. The van der Waals surface area contributed by atoms with E-state index in [0.717, 1.165) is 18.8 Å². The number of hydrogen-bond donors (Lipinski definition) is 0. The minimum atomic E-state index is 0.403. The number of pyridine rings is 1. The fourth-order valence-electron chi connectivity index (χ4n) is 1.78. The van der Waals surface area contributed by atoms with Gasteiger partial charge in [-0.3, -0.25) is 4.98 Å². The molecule has 3 heteroatoms. The molecule has 1 fully saturated rings. The number of aromatic nitrogens is 1. The Morgan fingerprint density at radius 3 is 3.21 bits per heavy atom. The van der Waals surface area contributed by atoms with Crippen LogP contribution in [0.3, 0.4) is 0 Å². The predicted octanol–water partition coefficient (Wildman–Crippen LogP) is 1.70. The first-order chi connectivity index (χ1) is 6.86. The van der Waals surface area contributed by atoms with Gasteiger partial charge in [0.1, 0.15) is 0 Å². The Kier molecular flexibility index (Phi) is 2.99. The van der Waals surface area contributed by atoms with Gasteiger partial charge in [0, 0.05) is 26.4 Å². The Labute approximate surface area is 84.7 Å². The number of anilines is 1. The molecular formula is C11H16N2O. The summed E-state index contributed by atoms with van der Waals surface area (Å²) in [4.78, 5) is 6.30. The average molecular weight is 192 g/mol. The van der Waals surface area contributed by atoms with Gasteiger partial charge in [-0.1, -0.05) is 0 Å². The van der Waals surface area contributed by atoms with Crippen LogP contribution in [0.15, 0.2) is 24.5 Å². The molecule has 76 valence electrons. The van der Waals surface area contributed by atoms with Crippen molar-refractivity contribution in [3.05, 3.63) is 24.5 Å². The van der Waals surface area contributed by atoms with E-state index in [2.05, 4.69) is 23.0 Å². The van der Waals surface area contributed by atoms with E-state index in [0.29, 0.717) is 6.10 Å². The first-order valence-corrected chi connectivity index (χ1v) is 5.09. The molecule has 1 saturated heterocycles. The fourth-order valence-corrected chi connectivity index (χ4v) is 1.78. The summed E-state index contributed by atoms with van der Waals surface area (Å²) < 4.78 is 5.58. The van der Waals surface area contributed by atoms with E-state index in [9.17, 15) is 0 Å². The maximum Gasteiger partial charge on any atom is 0.0750 e. The average Bonchev–Trinajstić information content (AvgIpc) is 2.72. The second-order valence-electron chi connectivity index (χ2n) is 3.73. The lowest BCUT2D eigenvalue weighted by molar-refractivity contribution is 0.116. The monoisotopic (exact) mass is 192 g/mol. The van der Waals surface area contributed by atoms with E-state index in [1.165, 1.54) is 12.8 Å². The summed E-state index contributed by atoms with van der Waals surface area (Å²) >= 11 is 0. The summed E-state index contributed by atoms with van der Waals surface area (Å²) in [7, 11) is 2.08. The molecule has 1 unspecified atom stereocenters. The van der Waals surface area contributed by atoms with Crippen LogP contribution >= 0.6 is 0 Å². The summed E-state index contributed by atoms with van der Waals surface area (Å²) in [5, 5.41) is 0. The first-order valence-electron chi connectivity index (χ1n) is 5.09. The van der Waals surface area contributed by atoms with E-state index in [-0.39, 0.29) is 0 Å². The van der Waals surface area contributed by atoms with Gasteiger partial charge in [-0.2, -0.15) is 0 Å². The highest BCUT2D eigenvalue weighted by atomic mass is 16.5. The largest absolute Gasteiger partial charge is 0.376 e. The molecule has 1 atom stereocenters. The minimum Gasteiger partial charge on any atom is -0.376 e. The van der Waals surface area contributed by atoms with Crippen LogP contribution in [0, 0.1) is 0 Å². The molecule has 0 bridgehead atoms. The summed E-state index contributed by atoms with van der Waals surface area (Å²) in [5.74, 6) is 0. The van der Waals surface area contributed by atoms with Gasteiger partial charge in [-0.15, -0.1) is 0 Å². The van der Waals surface area contributed by atoms with Crippen molar-refractivity contribution in [1.82, 2.24) is 4.98 Å². The van der Waals surface area contributed by atoms with Gasteiger partial charge in [-0.05, 0) is 25.0 Å². The van der Waals surface area contributed by atoms with Crippen LogP contribution in [-0.4, -0.2) is 31.3 Å². The summed E-state index contributed by atoms with van der Waals surface area (Å²) in [6.07, 6.45) is 6.47. The molecule has 1 aromatic rings. The molecule has 3 nitrogen and oxygen atoms in total. The Morgan fingerprint density at radius 1 is 1.64 bits per heavy atom. The lowest BCUT2D eigenvalue weighted by Gasteiger charge is -2.22. The van der Waals surface area contributed by atoms with Crippen LogP contribution < -0.4 is 4.90 Å². The maximum atomic E-state index is 5.58. The summed E-state index contributed by atoms with van der Waals surface area (Å²) in [6, 6.07) is 4.03. The molecule has 1 aliphatic rings. The van der Waals surface area contributed by atoms with Gasteiger partial charge >= 0.3 is 0 Å². The van der Waals surface area contributed by atoms with E-state index in [1.807, 2.05) is 12.3 Å². The highest BCUT2D eigenvalue weighted by Gasteiger charge is 2.17. The Morgan fingerprint density at radius 2 is 2.57 bits per heavy atom. The maximum absolute atomic E-state index is 5.58. The van der Waals surface area contributed by atoms with Gasteiger partial charge in [0.25, 0.3) is 0 Å². The molecule has 0 saturated carbocycles. The molecular weight excluding hydrogens is 176 g/mol. The van der Waals surface area contributed by atoms with Crippen LogP contribution in [0.25, 0.3) is 0 Å². The zero-order chi connectivity index (χ0) is 9.80. The van der Waals surface area contributed by atoms with Crippen LogP contribution in [0.5, 0.6) is 0 Å². The van der Waals surface area contributed by atoms with Crippen molar-refractivity contribution in [2.45, 2.75) is 18.9 Å². The molecule has 2 rings (SSSR count). The predicted molar refractivity (Wildman–Crippen MR) is 56.5 cm³/mol.